The lowest BCUT2D eigenvalue weighted by atomic mass is 10.1. The van der Waals surface area contributed by atoms with Crippen LogP contribution < -0.4 is 9.47 Å². The van der Waals surface area contributed by atoms with Gasteiger partial charge in [-0.2, -0.15) is 0 Å². The van der Waals surface area contributed by atoms with E-state index in [4.69, 9.17) is 19.6 Å². The molecule has 0 radical (unpaired) electrons. The number of rotatable bonds is 9. The van der Waals surface area contributed by atoms with Crippen molar-refractivity contribution in [3.8, 4) is 11.5 Å². The number of ether oxygens (including phenoxy) is 3. The average molecular weight is 462 g/mol. The van der Waals surface area contributed by atoms with Crippen molar-refractivity contribution in [2.24, 2.45) is 0 Å². The van der Waals surface area contributed by atoms with Gasteiger partial charge >= 0.3 is 5.97 Å². The molecule has 0 saturated carbocycles. The van der Waals surface area contributed by atoms with Crippen molar-refractivity contribution >= 4 is 46.0 Å². The van der Waals surface area contributed by atoms with Crippen LogP contribution in [-0.2, 0) is 20.7 Å². The summed E-state index contributed by atoms with van der Waals surface area (Å²) in [5, 5.41) is 18.1. The lowest BCUT2D eigenvalue weighted by molar-refractivity contribution is -0.145. The number of thioether (sulfide) groups is 1. The molecule has 31 heavy (non-hydrogen) atoms. The number of benzene rings is 1. The van der Waals surface area contributed by atoms with Gasteiger partial charge in [0.25, 0.3) is 0 Å². The van der Waals surface area contributed by atoms with E-state index in [2.05, 4.69) is 10.2 Å². The van der Waals surface area contributed by atoms with Crippen LogP contribution in [0.2, 0.25) is 0 Å². The first-order valence-corrected chi connectivity index (χ1v) is 11.5. The summed E-state index contributed by atoms with van der Waals surface area (Å²) in [6.45, 7) is 6.02. The van der Waals surface area contributed by atoms with Gasteiger partial charge in [-0.1, -0.05) is 24.8 Å². The van der Waals surface area contributed by atoms with Gasteiger partial charge in [-0.15, -0.1) is 21.5 Å². The summed E-state index contributed by atoms with van der Waals surface area (Å²) >= 11 is 2.50. The third kappa shape index (κ3) is 5.50. The number of ketones is 1. The molecule has 1 aromatic heterocycles. The Morgan fingerprint density at radius 1 is 1.16 bits per heavy atom. The topological polar surface area (TPSA) is 111 Å². The maximum Gasteiger partial charge on any atom is 0.344 e. The number of hydrogen-bond donors (Lipinski definition) is 1. The Hall–Kier alpha value is -2.72. The van der Waals surface area contributed by atoms with Gasteiger partial charge in [0.15, 0.2) is 23.9 Å². The summed E-state index contributed by atoms with van der Waals surface area (Å²) in [5.41, 5.74) is 0.725. The number of nitrogens with one attached hydrogen (secondary N) is 1. The van der Waals surface area contributed by atoms with Crippen LogP contribution in [0.4, 0.5) is 0 Å². The van der Waals surface area contributed by atoms with Gasteiger partial charge in [-0.3, -0.25) is 10.2 Å². The number of esters is 1. The summed E-state index contributed by atoms with van der Waals surface area (Å²) < 4.78 is 16.0. The molecule has 3 rings (SSSR count). The summed E-state index contributed by atoms with van der Waals surface area (Å²) in [4.78, 5) is 25.0. The lowest BCUT2D eigenvalue weighted by Gasteiger charge is -2.12. The molecule has 8 nitrogen and oxygen atoms in total. The molecule has 1 N–H and O–H groups in total. The monoisotopic (exact) mass is 461 g/mol. The zero-order valence-electron chi connectivity index (χ0n) is 17.5. The van der Waals surface area contributed by atoms with Crippen LogP contribution in [0.5, 0.6) is 11.5 Å². The Labute approximate surface area is 188 Å². The Morgan fingerprint density at radius 2 is 1.97 bits per heavy atom. The van der Waals surface area contributed by atoms with Crippen LogP contribution in [0.25, 0.3) is 6.08 Å². The highest BCUT2D eigenvalue weighted by Gasteiger charge is 2.39. The number of aromatic nitrogens is 2. The number of hydrogen-bond acceptors (Lipinski definition) is 10. The fraction of sp³-hybridized carbons (Fsp3) is 0.381. The van der Waals surface area contributed by atoms with E-state index in [1.165, 1.54) is 11.3 Å². The highest BCUT2D eigenvalue weighted by atomic mass is 32.2. The van der Waals surface area contributed by atoms with Gasteiger partial charge in [0, 0.05) is 0 Å². The highest BCUT2D eigenvalue weighted by Crippen LogP contribution is 2.42. The van der Waals surface area contributed by atoms with Crippen molar-refractivity contribution in [3.05, 3.63) is 38.7 Å². The van der Waals surface area contributed by atoms with Crippen LogP contribution in [-0.4, -0.2) is 46.8 Å². The molecule has 0 bridgehead atoms. The molecule has 0 amide bonds. The van der Waals surface area contributed by atoms with E-state index in [1.54, 1.807) is 31.2 Å². The molecule has 2 aromatic rings. The Balaban J connectivity index is 1.80. The van der Waals surface area contributed by atoms with E-state index in [0.717, 1.165) is 28.8 Å². The minimum absolute atomic E-state index is 0.158. The van der Waals surface area contributed by atoms with E-state index < -0.39 is 11.9 Å². The van der Waals surface area contributed by atoms with Gasteiger partial charge in [-0.25, -0.2) is 4.79 Å². The van der Waals surface area contributed by atoms with E-state index in [0.29, 0.717) is 28.0 Å². The fourth-order valence-electron chi connectivity index (χ4n) is 2.83. The largest absolute Gasteiger partial charge is 0.490 e. The molecule has 0 unspecified atom stereocenters. The van der Waals surface area contributed by atoms with Crippen molar-refractivity contribution in [3.63, 3.8) is 0 Å². The molecule has 1 aliphatic rings. The van der Waals surface area contributed by atoms with Crippen LogP contribution in [0.1, 0.15) is 42.3 Å². The van der Waals surface area contributed by atoms with E-state index in [9.17, 15) is 9.59 Å². The van der Waals surface area contributed by atoms with E-state index in [1.807, 2.05) is 13.8 Å². The number of carbonyl (C=O) groups excluding carboxylic acids is 2. The van der Waals surface area contributed by atoms with Crippen LogP contribution in [0.15, 0.2) is 23.1 Å². The quantitative estimate of drug-likeness (QED) is 0.443. The summed E-state index contributed by atoms with van der Waals surface area (Å²) in [7, 11) is 0. The minimum atomic E-state index is -0.687. The molecule has 1 aromatic carbocycles. The second-order valence-electron chi connectivity index (χ2n) is 6.39. The third-order valence-electron chi connectivity index (χ3n) is 4.24. The molecule has 164 valence electrons. The minimum Gasteiger partial charge on any atom is -0.490 e. The molecule has 0 aliphatic carbocycles. The standard InChI is InChI=1S/C21H23N3O5S2/c1-4-16-23-24-21(31-16)18-19(26)15(30-20(18)22)10-12-7-8-13(14(9-12)27-5-2)29-11-17(25)28-6-3/h7-10,18,22H,4-6,11H2,1-3H3/b15-10-,22-20?/t18-/m1/s1. The van der Waals surface area contributed by atoms with Gasteiger partial charge < -0.3 is 14.2 Å². The van der Waals surface area contributed by atoms with Crippen LogP contribution >= 0.6 is 23.1 Å². The van der Waals surface area contributed by atoms with Crippen molar-refractivity contribution in [2.75, 3.05) is 19.8 Å². The summed E-state index contributed by atoms with van der Waals surface area (Å²) in [5.74, 6) is -0.437. The summed E-state index contributed by atoms with van der Waals surface area (Å²) in [6, 6.07) is 5.19. The molecule has 2 heterocycles. The van der Waals surface area contributed by atoms with Crippen LogP contribution in [0, 0.1) is 5.41 Å². The Morgan fingerprint density at radius 3 is 2.65 bits per heavy atom. The second-order valence-corrected chi connectivity index (χ2v) is 8.57. The van der Waals surface area contributed by atoms with Gasteiger partial charge in [0.05, 0.1) is 23.2 Å². The molecule has 1 aliphatic heterocycles. The summed E-state index contributed by atoms with van der Waals surface area (Å²) in [6.07, 6.45) is 2.47. The number of carbonyl (C=O) groups is 2. The zero-order valence-corrected chi connectivity index (χ0v) is 19.1. The number of aryl methyl sites for hydroxylation is 1. The maximum absolute atomic E-state index is 12.9. The molecular formula is C21H23N3O5S2. The van der Waals surface area contributed by atoms with Gasteiger partial charge in [0.1, 0.15) is 15.9 Å². The molecule has 1 saturated heterocycles. The normalized spacial score (nSPS) is 17.3. The maximum atomic E-state index is 12.9. The first-order valence-electron chi connectivity index (χ1n) is 9.86. The molecule has 1 atom stereocenters. The van der Waals surface area contributed by atoms with E-state index >= 15 is 0 Å². The lowest BCUT2D eigenvalue weighted by Crippen LogP contribution is -2.15. The smallest absolute Gasteiger partial charge is 0.344 e. The number of allylic oxidation sites excluding steroid dienone is 1. The van der Waals surface area contributed by atoms with Gasteiger partial charge in [-0.05, 0) is 44.0 Å². The number of Topliss-reactive ketones (excluding diaryl/α,β-unsaturated/α-hetero) is 1. The number of nitrogens with zero attached hydrogens (tertiary/aromatic N) is 2. The first kappa shape index (κ1) is 23.0. The predicted molar refractivity (Wildman–Crippen MR) is 120 cm³/mol. The van der Waals surface area contributed by atoms with Gasteiger partial charge in [0.2, 0.25) is 0 Å². The van der Waals surface area contributed by atoms with Crippen LogP contribution in [0.3, 0.4) is 0 Å². The molecule has 1 fully saturated rings. The average Bonchev–Trinajstić information content (AvgIpc) is 3.32. The van der Waals surface area contributed by atoms with Crippen molar-refractivity contribution in [1.29, 1.82) is 5.41 Å². The van der Waals surface area contributed by atoms with Crippen molar-refractivity contribution < 1.29 is 23.8 Å². The Bertz CT molecular complexity index is 1020. The third-order valence-corrected chi connectivity index (χ3v) is 6.36. The first-order chi connectivity index (χ1) is 15.0. The molecular weight excluding hydrogens is 438 g/mol. The van der Waals surface area contributed by atoms with Crippen molar-refractivity contribution in [1.82, 2.24) is 10.2 Å². The zero-order chi connectivity index (χ0) is 22.4. The highest BCUT2D eigenvalue weighted by molar-refractivity contribution is 8.19. The fourth-order valence-corrected chi connectivity index (χ4v) is 4.79. The predicted octanol–water partition coefficient (Wildman–Crippen LogP) is 3.86. The second kappa shape index (κ2) is 10.5. The van der Waals surface area contributed by atoms with E-state index in [-0.39, 0.29) is 24.0 Å². The molecule has 0 spiro atoms. The van der Waals surface area contributed by atoms with Crippen molar-refractivity contribution in [2.45, 2.75) is 33.1 Å². The molecule has 10 heteroatoms. The SMILES string of the molecule is CCOC(=O)COc1ccc(/C=C2\SC(=N)[C@H](c3nnc(CC)s3)C2=O)cc1OCC. The Kier molecular flexibility index (Phi) is 7.80.